The topological polar surface area (TPSA) is 38.8 Å². The molecule has 0 aromatic heterocycles. The number of methoxy groups -OCH3 is 1. The van der Waals surface area contributed by atoms with E-state index in [4.69, 9.17) is 9.47 Å². The lowest BCUT2D eigenvalue weighted by atomic mass is 10.1. The minimum absolute atomic E-state index is 0.138. The quantitative estimate of drug-likeness (QED) is 0.816. The van der Waals surface area contributed by atoms with Gasteiger partial charge in [-0.05, 0) is 42.7 Å². The number of benzene rings is 2. The summed E-state index contributed by atoms with van der Waals surface area (Å²) in [6, 6.07) is 15.3. The van der Waals surface area contributed by atoms with Crippen LogP contribution in [0.3, 0.4) is 0 Å². The van der Waals surface area contributed by atoms with Crippen LogP contribution in [0.5, 0.6) is 11.5 Å². The Morgan fingerprint density at radius 3 is 2.20 bits per heavy atom. The normalized spacial score (nSPS) is 14.7. The lowest BCUT2D eigenvalue weighted by molar-refractivity contribution is 0.0761. The van der Waals surface area contributed by atoms with Crippen molar-refractivity contribution in [3.05, 3.63) is 59.7 Å². The summed E-state index contributed by atoms with van der Waals surface area (Å²) in [7, 11) is 1.63. The molecule has 1 heterocycles. The fourth-order valence-corrected chi connectivity index (χ4v) is 3.10. The van der Waals surface area contributed by atoms with Crippen LogP contribution in [0.2, 0.25) is 0 Å². The maximum Gasteiger partial charge on any atom is 0.253 e. The standard InChI is InChI=1S/C21H25NO3/c1-24-19-8-4-5-9-20(19)25-16-17-10-12-18(13-11-17)21(23)22-14-6-2-3-7-15-22/h4-5,8-13H,2-3,6-7,14-16H2,1H3. The van der Waals surface area contributed by atoms with Gasteiger partial charge in [-0.15, -0.1) is 0 Å². The third-order valence-corrected chi connectivity index (χ3v) is 4.56. The molecule has 0 N–H and O–H groups in total. The highest BCUT2D eigenvalue weighted by molar-refractivity contribution is 5.94. The Kier molecular flexibility index (Phi) is 5.94. The molecule has 1 saturated heterocycles. The summed E-state index contributed by atoms with van der Waals surface area (Å²) in [5.41, 5.74) is 1.78. The lowest BCUT2D eigenvalue weighted by Gasteiger charge is -2.20. The summed E-state index contributed by atoms with van der Waals surface area (Å²) in [6.45, 7) is 2.19. The van der Waals surface area contributed by atoms with E-state index in [1.165, 1.54) is 12.8 Å². The third kappa shape index (κ3) is 4.53. The average Bonchev–Trinajstić information content (AvgIpc) is 2.96. The largest absolute Gasteiger partial charge is 0.493 e. The Hall–Kier alpha value is -2.49. The van der Waals surface area contributed by atoms with Crippen LogP contribution in [0.1, 0.15) is 41.6 Å². The van der Waals surface area contributed by atoms with Gasteiger partial charge in [0.25, 0.3) is 5.91 Å². The van der Waals surface area contributed by atoms with Gasteiger partial charge in [-0.3, -0.25) is 4.79 Å². The van der Waals surface area contributed by atoms with Gasteiger partial charge in [-0.2, -0.15) is 0 Å². The Morgan fingerprint density at radius 2 is 1.56 bits per heavy atom. The summed E-state index contributed by atoms with van der Waals surface area (Å²) in [5, 5.41) is 0. The van der Waals surface area contributed by atoms with E-state index in [0.29, 0.717) is 6.61 Å². The maximum absolute atomic E-state index is 12.6. The molecule has 1 amide bonds. The van der Waals surface area contributed by atoms with Crippen LogP contribution in [0.15, 0.2) is 48.5 Å². The zero-order chi connectivity index (χ0) is 17.5. The molecule has 1 aliphatic heterocycles. The number of rotatable bonds is 5. The average molecular weight is 339 g/mol. The molecular weight excluding hydrogens is 314 g/mol. The van der Waals surface area contributed by atoms with Crippen LogP contribution in [0.25, 0.3) is 0 Å². The number of para-hydroxylation sites is 2. The van der Waals surface area contributed by atoms with Gasteiger partial charge in [-0.25, -0.2) is 0 Å². The van der Waals surface area contributed by atoms with E-state index < -0.39 is 0 Å². The zero-order valence-corrected chi connectivity index (χ0v) is 14.7. The molecule has 2 aromatic carbocycles. The molecule has 0 spiro atoms. The molecule has 0 aliphatic carbocycles. The Balaban J connectivity index is 1.61. The number of hydrogen-bond acceptors (Lipinski definition) is 3. The number of hydrogen-bond donors (Lipinski definition) is 0. The van der Waals surface area contributed by atoms with Gasteiger partial charge in [0, 0.05) is 18.7 Å². The maximum atomic E-state index is 12.6. The molecule has 3 rings (SSSR count). The molecule has 132 valence electrons. The number of carbonyl (C=O) groups excluding carboxylic acids is 1. The number of carbonyl (C=O) groups is 1. The number of amides is 1. The van der Waals surface area contributed by atoms with Gasteiger partial charge in [0.05, 0.1) is 7.11 Å². The first-order chi connectivity index (χ1) is 12.3. The van der Waals surface area contributed by atoms with E-state index in [1.807, 2.05) is 53.4 Å². The van der Waals surface area contributed by atoms with Crippen LogP contribution >= 0.6 is 0 Å². The fourth-order valence-electron chi connectivity index (χ4n) is 3.10. The minimum Gasteiger partial charge on any atom is -0.493 e. The van der Waals surface area contributed by atoms with Crippen LogP contribution in [-0.2, 0) is 6.61 Å². The predicted octanol–water partition coefficient (Wildman–Crippen LogP) is 4.29. The first-order valence-electron chi connectivity index (χ1n) is 8.92. The molecule has 25 heavy (non-hydrogen) atoms. The van der Waals surface area contributed by atoms with Gasteiger partial charge < -0.3 is 14.4 Å². The highest BCUT2D eigenvalue weighted by Gasteiger charge is 2.17. The highest BCUT2D eigenvalue weighted by atomic mass is 16.5. The lowest BCUT2D eigenvalue weighted by Crippen LogP contribution is -2.31. The second-order valence-corrected chi connectivity index (χ2v) is 6.34. The van der Waals surface area contributed by atoms with Gasteiger partial charge >= 0.3 is 0 Å². The number of likely N-dealkylation sites (tertiary alicyclic amines) is 1. The molecule has 0 radical (unpaired) electrons. The molecule has 1 aliphatic rings. The molecule has 2 aromatic rings. The first kappa shape index (κ1) is 17.3. The Morgan fingerprint density at radius 1 is 0.920 bits per heavy atom. The van der Waals surface area contributed by atoms with Crippen molar-refractivity contribution in [1.82, 2.24) is 4.90 Å². The monoisotopic (exact) mass is 339 g/mol. The summed E-state index contributed by atoms with van der Waals surface area (Å²) in [6.07, 6.45) is 4.67. The van der Waals surface area contributed by atoms with E-state index in [-0.39, 0.29) is 5.91 Å². The van der Waals surface area contributed by atoms with Crippen molar-refractivity contribution in [3.8, 4) is 11.5 Å². The van der Waals surface area contributed by atoms with Crippen molar-refractivity contribution in [1.29, 1.82) is 0 Å². The minimum atomic E-state index is 0.138. The Bertz CT molecular complexity index is 689. The summed E-state index contributed by atoms with van der Waals surface area (Å²) in [4.78, 5) is 14.6. The van der Waals surface area contributed by atoms with Gasteiger partial charge in [0.15, 0.2) is 11.5 Å². The summed E-state index contributed by atoms with van der Waals surface area (Å²) < 4.78 is 11.1. The molecule has 0 saturated carbocycles. The van der Waals surface area contributed by atoms with Gasteiger partial charge in [0.1, 0.15) is 6.61 Å². The van der Waals surface area contributed by atoms with Crippen molar-refractivity contribution in [2.75, 3.05) is 20.2 Å². The molecule has 4 heteroatoms. The molecule has 4 nitrogen and oxygen atoms in total. The van der Waals surface area contributed by atoms with E-state index in [2.05, 4.69) is 0 Å². The summed E-state index contributed by atoms with van der Waals surface area (Å²) in [5.74, 6) is 1.57. The third-order valence-electron chi connectivity index (χ3n) is 4.56. The highest BCUT2D eigenvalue weighted by Crippen LogP contribution is 2.26. The molecule has 0 bridgehead atoms. The predicted molar refractivity (Wildman–Crippen MR) is 98.1 cm³/mol. The van der Waals surface area contributed by atoms with Crippen LogP contribution < -0.4 is 9.47 Å². The smallest absolute Gasteiger partial charge is 0.253 e. The van der Waals surface area contributed by atoms with Gasteiger partial charge in [-0.1, -0.05) is 37.1 Å². The van der Waals surface area contributed by atoms with Crippen molar-refractivity contribution < 1.29 is 14.3 Å². The van der Waals surface area contributed by atoms with Crippen molar-refractivity contribution in [2.45, 2.75) is 32.3 Å². The van der Waals surface area contributed by atoms with Crippen molar-refractivity contribution in [3.63, 3.8) is 0 Å². The van der Waals surface area contributed by atoms with E-state index in [9.17, 15) is 4.79 Å². The zero-order valence-electron chi connectivity index (χ0n) is 14.7. The van der Waals surface area contributed by atoms with Crippen molar-refractivity contribution in [2.24, 2.45) is 0 Å². The molecule has 0 atom stereocenters. The van der Waals surface area contributed by atoms with E-state index in [1.54, 1.807) is 7.11 Å². The van der Waals surface area contributed by atoms with Crippen LogP contribution in [-0.4, -0.2) is 31.0 Å². The SMILES string of the molecule is COc1ccccc1OCc1ccc(C(=O)N2CCCCCC2)cc1. The second kappa shape index (κ2) is 8.56. The first-order valence-corrected chi connectivity index (χ1v) is 8.92. The van der Waals surface area contributed by atoms with Crippen LogP contribution in [0.4, 0.5) is 0 Å². The summed E-state index contributed by atoms with van der Waals surface area (Å²) >= 11 is 0. The number of nitrogens with zero attached hydrogens (tertiary/aromatic N) is 1. The van der Waals surface area contributed by atoms with E-state index in [0.717, 1.165) is 48.6 Å². The van der Waals surface area contributed by atoms with E-state index >= 15 is 0 Å². The second-order valence-electron chi connectivity index (χ2n) is 6.34. The number of ether oxygens (including phenoxy) is 2. The molecule has 1 fully saturated rings. The fraction of sp³-hybridized carbons (Fsp3) is 0.381. The van der Waals surface area contributed by atoms with Crippen molar-refractivity contribution >= 4 is 5.91 Å². The van der Waals surface area contributed by atoms with Crippen LogP contribution in [0, 0.1) is 0 Å². The molecule has 0 unspecified atom stereocenters. The Labute approximate surface area is 149 Å². The van der Waals surface area contributed by atoms with Gasteiger partial charge in [0.2, 0.25) is 0 Å². The molecular formula is C21H25NO3.